The minimum atomic E-state index is 0.886. The summed E-state index contributed by atoms with van der Waals surface area (Å²) in [7, 11) is 0. The molecule has 0 aliphatic carbocycles. The molecule has 0 radical (unpaired) electrons. The lowest BCUT2D eigenvalue weighted by Gasteiger charge is -2.18. The average Bonchev–Trinajstić information content (AvgIpc) is 3.28. The summed E-state index contributed by atoms with van der Waals surface area (Å²) < 4.78 is 0. The van der Waals surface area contributed by atoms with E-state index in [1.165, 1.54) is 333 Å². The van der Waals surface area contributed by atoms with Crippen molar-refractivity contribution in [1.29, 1.82) is 0 Å². The zero-order valence-corrected chi connectivity index (χ0v) is 44.3. The first kappa shape index (κ1) is 59.6. The Morgan fingerprint density at radius 3 is 0.613 bits per heavy atom. The van der Waals surface area contributed by atoms with Crippen molar-refractivity contribution in [1.82, 2.24) is 0 Å². The smallest absolute Gasteiger partial charge is 0.0154 e. The maximum Gasteiger partial charge on any atom is 0.0154 e. The quantitative estimate of drug-likeness (QED) is 0.0489. The third-order valence-corrected chi connectivity index (χ3v) is 14.9. The standard InChI is InChI=1S/C61H116S/c1-4-7-10-13-16-19-22-25-28-31-34-37-40-43-46-49-52-59-55-58(57-62)56-60(53-50-47-44-41-38-35-32-29-26-23-20-17-14-11-8-5-2)61(59)54-51-48-45-42-39-36-33-30-27-24-21-18-15-12-9-6-3/h55-56,62H,4-54,57H2,1-3H3. The fourth-order valence-electron chi connectivity index (χ4n) is 10.3. The van der Waals surface area contributed by atoms with Crippen molar-refractivity contribution in [2.45, 2.75) is 354 Å². The summed E-state index contributed by atoms with van der Waals surface area (Å²) >= 11 is 4.82. The van der Waals surface area contributed by atoms with E-state index in [2.05, 4.69) is 32.9 Å². The van der Waals surface area contributed by atoms with Gasteiger partial charge in [0, 0.05) is 5.75 Å². The van der Waals surface area contributed by atoms with E-state index in [4.69, 9.17) is 12.6 Å². The molecule has 0 amide bonds. The molecule has 0 spiro atoms. The summed E-state index contributed by atoms with van der Waals surface area (Å²) in [6, 6.07) is 5.16. The topological polar surface area (TPSA) is 0 Å². The number of hydrogen-bond acceptors (Lipinski definition) is 1. The van der Waals surface area contributed by atoms with Gasteiger partial charge >= 0.3 is 0 Å². The number of thiol groups is 1. The molecule has 0 bridgehead atoms. The van der Waals surface area contributed by atoms with Crippen LogP contribution in [0.5, 0.6) is 0 Å². The SMILES string of the molecule is CCCCCCCCCCCCCCCCCCc1cc(CS)cc(CCCCCCCCCCCCCCCCCC)c1CCCCCCCCCCCCCCCCCC. The third-order valence-electron chi connectivity index (χ3n) is 14.6. The van der Waals surface area contributed by atoms with Crippen molar-refractivity contribution >= 4 is 12.6 Å². The van der Waals surface area contributed by atoms with Crippen LogP contribution in [0.4, 0.5) is 0 Å². The van der Waals surface area contributed by atoms with Crippen LogP contribution in [0.3, 0.4) is 0 Å². The Morgan fingerprint density at radius 1 is 0.242 bits per heavy atom. The van der Waals surface area contributed by atoms with Crippen LogP contribution in [0.25, 0.3) is 0 Å². The molecule has 1 aromatic rings. The highest BCUT2D eigenvalue weighted by Crippen LogP contribution is 2.27. The zero-order chi connectivity index (χ0) is 44.5. The molecule has 0 unspecified atom stereocenters. The number of rotatable bonds is 52. The van der Waals surface area contributed by atoms with Gasteiger partial charge in [-0.1, -0.05) is 322 Å². The fraction of sp³-hybridized carbons (Fsp3) is 0.902. The Labute approximate surface area is 399 Å². The highest BCUT2D eigenvalue weighted by Gasteiger charge is 2.12. The molecule has 0 aliphatic rings. The van der Waals surface area contributed by atoms with E-state index in [-0.39, 0.29) is 0 Å². The molecule has 0 saturated heterocycles. The molecule has 0 fully saturated rings. The molecule has 1 aromatic carbocycles. The lowest BCUT2D eigenvalue weighted by atomic mass is 9.88. The number of unbranched alkanes of at least 4 members (excludes halogenated alkanes) is 45. The van der Waals surface area contributed by atoms with Gasteiger partial charge in [-0.15, -0.1) is 0 Å². The molecule has 1 heteroatoms. The van der Waals surface area contributed by atoms with Crippen LogP contribution in [-0.2, 0) is 25.0 Å². The van der Waals surface area contributed by atoms with E-state index < -0.39 is 0 Å². The van der Waals surface area contributed by atoms with Crippen LogP contribution in [0, 0.1) is 0 Å². The Morgan fingerprint density at radius 2 is 0.419 bits per heavy atom. The molecule has 0 aliphatic heterocycles. The summed E-state index contributed by atoms with van der Waals surface area (Å²) in [6.45, 7) is 6.96. The first-order valence-electron chi connectivity index (χ1n) is 29.5. The highest BCUT2D eigenvalue weighted by atomic mass is 32.1. The number of benzene rings is 1. The molecular formula is C61H116S. The maximum atomic E-state index is 4.82. The summed E-state index contributed by atoms with van der Waals surface area (Å²) in [5.41, 5.74) is 6.65. The molecule has 1 rings (SSSR count). The maximum absolute atomic E-state index is 4.82. The van der Waals surface area contributed by atoms with Gasteiger partial charge in [-0.25, -0.2) is 0 Å². The summed E-state index contributed by atoms with van der Waals surface area (Å²) in [5.74, 6) is 0.886. The second-order valence-electron chi connectivity index (χ2n) is 20.7. The average molecular weight is 882 g/mol. The van der Waals surface area contributed by atoms with Crippen LogP contribution < -0.4 is 0 Å². The van der Waals surface area contributed by atoms with E-state index in [9.17, 15) is 0 Å². The highest BCUT2D eigenvalue weighted by molar-refractivity contribution is 7.79. The molecule has 0 N–H and O–H groups in total. The summed E-state index contributed by atoms with van der Waals surface area (Å²) in [5, 5.41) is 0. The van der Waals surface area contributed by atoms with Gasteiger partial charge in [-0.2, -0.15) is 12.6 Å². The fourth-order valence-corrected chi connectivity index (χ4v) is 10.5. The van der Waals surface area contributed by atoms with E-state index in [1.54, 1.807) is 16.7 Å². The van der Waals surface area contributed by atoms with Gasteiger partial charge < -0.3 is 0 Å². The first-order chi connectivity index (χ1) is 30.8. The van der Waals surface area contributed by atoms with Crippen LogP contribution in [0.2, 0.25) is 0 Å². The Bertz CT molecular complexity index is 938. The van der Waals surface area contributed by atoms with Crippen LogP contribution in [-0.4, -0.2) is 0 Å². The minimum Gasteiger partial charge on any atom is -0.175 e. The van der Waals surface area contributed by atoms with E-state index in [0.717, 1.165) is 5.75 Å². The second-order valence-corrected chi connectivity index (χ2v) is 21.0. The Balaban J connectivity index is 2.42. The lowest BCUT2D eigenvalue weighted by Crippen LogP contribution is -2.04. The van der Waals surface area contributed by atoms with E-state index >= 15 is 0 Å². The molecule has 366 valence electrons. The molecule has 0 saturated carbocycles. The van der Waals surface area contributed by atoms with E-state index in [0.29, 0.717) is 0 Å². The first-order valence-corrected chi connectivity index (χ1v) is 30.1. The van der Waals surface area contributed by atoms with Gasteiger partial charge in [0.15, 0.2) is 0 Å². The van der Waals surface area contributed by atoms with Crippen LogP contribution in [0.1, 0.15) is 351 Å². The molecule has 0 heterocycles. The number of aryl methyl sites for hydroxylation is 2. The van der Waals surface area contributed by atoms with Crippen LogP contribution >= 0.6 is 12.6 Å². The Kier molecular flexibility index (Phi) is 48.0. The zero-order valence-electron chi connectivity index (χ0n) is 43.4. The molecule has 0 aromatic heterocycles. The van der Waals surface area contributed by atoms with Crippen molar-refractivity contribution in [2.24, 2.45) is 0 Å². The third kappa shape index (κ3) is 39.9. The van der Waals surface area contributed by atoms with Crippen molar-refractivity contribution in [3.8, 4) is 0 Å². The number of hydrogen-bond donors (Lipinski definition) is 1. The largest absolute Gasteiger partial charge is 0.175 e. The van der Waals surface area contributed by atoms with E-state index in [1.807, 2.05) is 0 Å². The van der Waals surface area contributed by atoms with Gasteiger partial charge in [-0.3, -0.25) is 0 Å². The van der Waals surface area contributed by atoms with Crippen LogP contribution in [0.15, 0.2) is 12.1 Å². The molecule has 0 atom stereocenters. The van der Waals surface area contributed by atoms with Crippen molar-refractivity contribution in [3.63, 3.8) is 0 Å². The van der Waals surface area contributed by atoms with Gasteiger partial charge in [0.1, 0.15) is 0 Å². The summed E-state index contributed by atoms with van der Waals surface area (Å²) in [4.78, 5) is 0. The lowest BCUT2D eigenvalue weighted by molar-refractivity contribution is 0.527. The minimum absolute atomic E-state index is 0.886. The molecule has 62 heavy (non-hydrogen) atoms. The predicted octanol–water partition coefficient (Wildman–Crippen LogP) is 22.5. The van der Waals surface area contributed by atoms with Gasteiger partial charge in [-0.05, 0) is 60.8 Å². The normalized spacial score (nSPS) is 11.7. The second kappa shape index (κ2) is 50.0. The predicted molar refractivity (Wildman–Crippen MR) is 289 cm³/mol. The summed E-state index contributed by atoms with van der Waals surface area (Å²) in [6.07, 6.45) is 73.4. The van der Waals surface area contributed by atoms with Crippen molar-refractivity contribution < 1.29 is 0 Å². The van der Waals surface area contributed by atoms with Crippen molar-refractivity contribution in [3.05, 3.63) is 34.4 Å². The Hall–Kier alpha value is -0.430. The molecular weight excluding hydrogens is 765 g/mol. The monoisotopic (exact) mass is 881 g/mol. The van der Waals surface area contributed by atoms with Gasteiger partial charge in [0.25, 0.3) is 0 Å². The van der Waals surface area contributed by atoms with Gasteiger partial charge in [0.05, 0.1) is 0 Å². The van der Waals surface area contributed by atoms with Gasteiger partial charge in [0.2, 0.25) is 0 Å². The van der Waals surface area contributed by atoms with Crippen molar-refractivity contribution in [2.75, 3.05) is 0 Å². The molecule has 0 nitrogen and oxygen atoms in total.